The van der Waals surface area contributed by atoms with E-state index in [1.807, 2.05) is 158 Å². The summed E-state index contributed by atoms with van der Waals surface area (Å²) < 4.78 is 4.35. The summed E-state index contributed by atoms with van der Waals surface area (Å²) in [6.07, 6.45) is 3.62. The molecule has 0 aliphatic heterocycles. The van der Waals surface area contributed by atoms with Gasteiger partial charge in [-0.15, -0.1) is 11.3 Å². The van der Waals surface area contributed by atoms with Crippen LogP contribution in [-0.4, -0.2) is 32.2 Å². The molecule has 9 aromatic rings. The van der Waals surface area contributed by atoms with Gasteiger partial charge in [0.15, 0.2) is 11.6 Å². The number of aromatic nitrogens is 2. The number of aryl methyl sites for hydroxylation is 1. The molecule has 0 aliphatic rings. The minimum atomic E-state index is -0.0987. The number of rotatable bonds is 10. The fourth-order valence-electron chi connectivity index (χ4n) is 7.84. The van der Waals surface area contributed by atoms with Gasteiger partial charge in [0.05, 0.1) is 21.6 Å². The summed E-state index contributed by atoms with van der Waals surface area (Å²) in [6, 6.07) is 44.0. The van der Waals surface area contributed by atoms with Crippen LogP contribution in [0.1, 0.15) is 66.5 Å². The number of hydrogen-bond acceptors (Lipinski definition) is 5. The number of carbonyl (C=O) groups is 3. The van der Waals surface area contributed by atoms with Crippen LogP contribution < -0.4 is 0 Å². The van der Waals surface area contributed by atoms with Gasteiger partial charge in [-0.3, -0.25) is 14.4 Å². The molecule has 3 aromatic heterocycles. The quantitative estimate of drug-likeness (QED) is 0.112. The third-order valence-electron chi connectivity index (χ3n) is 10.5. The Balaban J connectivity index is 1.10. The molecule has 0 atom stereocenters. The lowest BCUT2D eigenvalue weighted by Gasteiger charge is -2.10. The lowest BCUT2D eigenvalue weighted by Crippen LogP contribution is -2.02. The largest absolute Gasteiger partial charge is 0.341 e. The summed E-state index contributed by atoms with van der Waals surface area (Å²) in [7, 11) is 0. The van der Waals surface area contributed by atoms with Gasteiger partial charge in [0.2, 0.25) is 5.78 Å². The molecule has 0 bridgehead atoms. The van der Waals surface area contributed by atoms with Crippen LogP contribution in [-0.2, 0) is 6.54 Å². The maximum atomic E-state index is 14.1. The summed E-state index contributed by atoms with van der Waals surface area (Å²) in [5.41, 5.74) is 8.89. The van der Waals surface area contributed by atoms with E-state index in [1.165, 1.54) is 11.3 Å². The minimum absolute atomic E-state index is 0.0259. The number of nitrogens with one attached hydrogen (secondary N) is 1. The highest BCUT2D eigenvalue weighted by molar-refractivity contribution is 7.12. The molecule has 0 saturated heterocycles. The standard InChI is InChI=1S/C49H35N3O3S/c1-3-9-41(50)32-15-23-44-39(26-32)40-29-35(49(55)46-12-8-25-56-46)18-24-45(40)52(44)36-19-13-31(14-20-36)48(54)34-17-22-43-38(28-34)37-27-33(16-21-42(37)51(43)4-2)47(53)30-10-6-5-7-11-30/h3,5-29,50H,4H2,1-2H3. The Labute approximate surface area is 327 Å². The average Bonchev–Trinajstić information content (AvgIpc) is 3.98. The van der Waals surface area contributed by atoms with E-state index >= 15 is 0 Å². The van der Waals surface area contributed by atoms with Crippen LogP contribution in [0.25, 0.3) is 49.3 Å². The van der Waals surface area contributed by atoms with E-state index in [1.54, 1.807) is 6.08 Å². The summed E-state index contributed by atoms with van der Waals surface area (Å²) in [5.74, 6) is -0.165. The number of fused-ring (bicyclic) bond motifs is 6. The predicted octanol–water partition coefficient (Wildman–Crippen LogP) is 11.6. The number of carbonyl (C=O) groups excluding carboxylic acids is 3. The van der Waals surface area contributed by atoms with E-state index in [4.69, 9.17) is 5.41 Å². The van der Waals surface area contributed by atoms with Gasteiger partial charge in [0, 0.05) is 78.2 Å². The van der Waals surface area contributed by atoms with Gasteiger partial charge in [-0.25, -0.2) is 0 Å². The first-order valence-electron chi connectivity index (χ1n) is 18.5. The zero-order valence-electron chi connectivity index (χ0n) is 30.7. The Morgan fingerprint density at radius 1 is 0.554 bits per heavy atom. The van der Waals surface area contributed by atoms with Crippen LogP contribution in [0.3, 0.4) is 0 Å². The van der Waals surface area contributed by atoms with Crippen molar-refractivity contribution < 1.29 is 14.4 Å². The van der Waals surface area contributed by atoms with E-state index in [0.717, 1.165) is 61.4 Å². The molecule has 0 saturated carbocycles. The topological polar surface area (TPSA) is 84.9 Å². The number of hydrogen-bond donors (Lipinski definition) is 1. The van der Waals surface area contributed by atoms with Crippen molar-refractivity contribution in [2.24, 2.45) is 0 Å². The minimum Gasteiger partial charge on any atom is -0.341 e. The van der Waals surface area contributed by atoms with Crippen molar-refractivity contribution in [3.63, 3.8) is 0 Å². The molecule has 270 valence electrons. The SMILES string of the molecule is CC=CC(=N)c1ccc2c(c1)c1cc(C(=O)c3cccs3)ccc1n2-c1ccc(C(=O)c2ccc3c(c2)c2cc(C(=O)c4ccccc4)ccc2n3CC)cc1. The predicted molar refractivity (Wildman–Crippen MR) is 229 cm³/mol. The molecular formula is C49H35N3O3S. The average molecular weight is 746 g/mol. The first-order chi connectivity index (χ1) is 27.3. The van der Waals surface area contributed by atoms with Gasteiger partial charge in [-0.05, 0) is 122 Å². The maximum Gasteiger partial charge on any atom is 0.202 e. The summed E-state index contributed by atoms with van der Waals surface area (Å²) in [4.78, 5) is 41.6. The molecule has 6 aromatic carbocycles. The molecule has 0 spiro atoms. The van der Waals surface area contributed by atoms with E-state index in [9.17, 15) is 14.4 Å². The number of benzene rings is 6. The second kappa shape index (κ2) is 14.0. The van der Waals surface area contributed by atoms with Gasteiger partial charge < -0.3 is 14.5 Å². The molecule has 0 fully saturated rings. The van der Waals surface area contributed by atoms with Crippen molar-refractivity contribution in [3.8, 4) is 5.69 Å². The Morgan fingerprint density at radius 3 is 1.57 bits per heavy atom. The third-order valence-corrected chi connectivity index (χ3v) is 11.4. The van der Waals surface area contributed by atoms with Gasteiger partial charge in [0.1, 0.15) is 0 Å². The van der Waals surface area contributed by atoms with Crippen molar-refractivity contribution in [2.45, 2.75) is 20.4 Å². The highest BCUT2D eigenvalue weighted by Crippen LogP contribution is 2.35. The van der Waals surface area contributed by atoms with Crippen LogP contribution >= 0.6 is 11.3 Å². The van der Waals surface area contributed by atoms with Crippen molar-refractivity contribution in [2.75, 3.05) is 0 Å². The number of thiophene rings is 1. The summed E-state index contributed by atoms with van der Waals surface area (Å²) >= 11 is 1.42. The van der Waals surface area contributed by atoms with E-state index in [-0.39, 0.29) is 17.3 Å². The van der Waals surface area contributed by atoms with E-state index in [0.29, 0.717) is 38.4 Å². The van der Waals surface area contributed by atoms with E-state index < -0.39 is 0 Å². The fraction of sp³-hybridized carbons (Fsp3) is 0.0612. The molecule has 0 radical (unpaired) electrons. The molecular weight excluding hydrogens is 711 g/mol. The van der Waals surface area contributed by atoms with Crippen molar-refractivity contribution >= 4 is 78.0 Å². The number of ketones is 3. The van der Waals surface area contributed by atoms with Crippen LogP contribution in [0.5, 0.6) is 0 Å². The molecule has 7 heteroatoms. The van der Waals surface area contributed by atoms with Crippen LogP contribution in [0.4, 0.5) is 0 Å². The molecule has 0 aliphatic carbocycles. The second-order valence-electron chi connectivity index (χ2n) is 13.8. The second-order valence-corrected chi connectivity index (χ2v) is 14.7. The lowest BCUT2D eigenvalue weighted by molar-refractivity contribution is 0.103. The van der Waals surface area contributed by atoms with Crippen LogP contribution in [0.2, 0.25) is 0 Å². The van der Waals surface area contributed by atoms with Gasteiger partial charge >= 0.3 is 0 Å². The van der Waals surface area contributed by atoms with Crippen molar-refractivity contribution in [3.05, 3.63) is 195 Å². The first kappa shape index (κ1) is 34.8. The molecule has 9 rings (SSSR count). The number of allylic oxidation sites excluding steroid dienone is 2. The lowest BCUT2D eigenvalue weighted by atomic mass is 9.99. The first-order valence-corrected chi connectivity index (χ1v) is 19.4. The van der Waals surface area contributed by atoms with Crippen LogP contribution in [0.15, 0.2) is 157 Å². The molecule has 0 amide bonds. The monoisotopic (exact) mass is 745 g/mol. The Bertz CT molecular complexity index is 3070. The number of nitrogens with zero attached hydrogens (tertiary/aromatic N) is 2. The smallest absolute Gasteiger partial charge is 0.202 e. The Kier molecular flexibility index (Phi) is 8.72. The Hall–Kier alpha value is -6.96. The van der Waals surface area contributed by atoms with Crippen LogP contribution in [0, 0.1) is 5.41 Å². The molecule has 56 heavy (non-hydrogen) atoms. The summed E-state index contributed by atoms with van der Waals surface area (Å²) in [5, 5.41) is 14.2. The normalized spacial score (nSPS) is 11.7. The molecule has 0 unspecified atom stereocenters. The third kappa shape index (κ3) is 5.81. The van der Waals surface area contributed by atoms with Gasteiger partial charge in [-0.1, -0.05) is 48.5 Å². The maximum absolute atomic E-state index is 14.1. The van der Waals surface area contributed by atoms with Crippen molar-refractivity contribution in [1.29, 1.82) is 5.41 Å². The molecule has 1 N–H and O–H groups in total. The molecule has 3 heterocycles. The zero-order valence-corrected chi connectivity index (χ0v) is 31.6. The zero-order chi connectivity index (χ0) is 38.5. The summed E-state index contributed by atoms with van der Waals surface area (Å²) in [6.45, 7) is 4.73. The molecule has 6 nitrogen and oxygen atoms in total. The fourth-order valence-corrected chi connectivity index (χ4v) is 8.52. The Morgan fingerprint density at radius 2 is 1.04 bits per heavy atom. The van der Waals surface area contributed by atoms with E-state index in [2.05, 4.69) is 16.1 Å². The van der Waals surface area contributed by atoms with Gasteiger partial charge in [-0.2, -0.15) is 0 Å². The van der Waals surface area contributed by atoms with Crippen molar-refractivity contribution in [1.82, 2.24) is 9.13 Å². The highest BCUT2D eigenvalue weighted by Gasteiger charge is 2.20. The highest BCUT2D eigenvalue weighted by atomic mass is 32.1. The van der Waals surface area contributed by atoms with Gasteiger partial charge in [0.25, 0.3) is 0 Å².